The first-order valence-electron chi connectivity index (χ1n) is 5.84. The number of piperidine rings is 1. The predicted molar refractivity (Wildman–Crippen MR) is 68.3 cm³/mol. The molecular formula is C12H16ClN3O. The van der Waals surface area contributed by atoms with Crippen LogP contribution in [0, 0.1) is 5.92 Å². The van der Waals surface area contributed by atoms with Crippen LogP contribution >= 0.6 is 12.4 Å². The van der Waals surface area contributed by atoms with Gasteiger partial charge in [0.25, 0.3) is 0 Å². The molecule has 3 rings (SSSR count). The van der Waals surface area contributed by atoms with Crippen molar-refractivity contribution in [1.82, 2.24) is 15.6 Å². The first-order chi connectivity index (χ1) is 7.92. The van der Waals surface area contributed by atoms with Crippen molar-refractivity contribution in [3.05, 3.63) is 23.8 Å². The molecule has 2 aromatic rings. The lowest BCUT2D eigenvalue weighted by atomic mass is 9.91. The van der Waals surface area contributed by atoms with Gasteiger partial charge in [-0.3, -0.25) is 0 Å². The smallest absolute Gasteiger partial charge is 0.135 e. The monoisotopic (exact) mass is 253 g/mol. The van der Waals surface area contributed by atoms with E-state index in [2.05, 4.69) is 27.8 Å². The topological polar surface area (TPSA) is 51.0 Å². The van der Waals surface area contributed by atoms with Crippen molar-refractivity contribution < 1.29 is 4.63 Å². The summed E-state index contributed by atoms with van der Waals surface area (Å²) in [7, 11) is 0. The molecule has 1 aromatic carbocycles. The Bertz CT molecular complexity index is 479. The zero-order valence-corrected chi connectivity index (χ0v) is 10.4. The van der Waals surface area contributed by atoms with Gasteiger partial charge in [0.1, 0.15) is 11.0 Å². The molecule has 1 fully saturated rings. The second-order valence-corrected chi connectivity index (χ2v) is 4.48. The minimum absolute atomic E-state index is 0. The molecule has 0 saturated carbocycles. The van der Waals surface area contributed by atoms with Gasteiger partial charge in [0.15, 0.2) is 0 Å². The third kappa shape index (κ3) is 2.76. The first kappa shape index (κ1) is 12.3. The van der Waals surface area contributed by atoms with Gasteiger partial charge in [-0.05, 0) is 66.3 Å². The van der Waals surface area contributed by atoms with Crippen LogP contribution in [0.5, 0.6) is 0 Å². The number of rotatable bonds is 2. The number of aromatic nitrogens is 2. The molecule has 0 aliphatic carbocycles. The van der Waals surface area contributed by atoms with Crippen LogP contribution in [-0.2, 0) is 6.42 Å². The minimum Gasteiger partial charge on any atom is -0.317 e. The van der Waals surface area contributed by atoms with E-state index >= 15 is 0 Å². The van der Waals surface area contributed by atoms with Gasteiger partial charge in [-0.1, -0.05) is 6.07 Å². The Morgan fingerprint density at radius 3 is 2.76 bits per heavy atom. The largest absolute Gasteiger partial charge is 0.317 e. The van der Waals surface area contributed by atoms with Crippen LogP contribution < -0.4 is 5.32 Å². The van der Waals surface area contributed by atoms with E-state index in [1.54, 1.807) is 0 Å². The second-order valence-electron chi connectivity index (χ2n) is 4.48. The van der Waals surface area contributed by atoms with Crippen molar-refractivity contribution in [3.63, 3.8) is 0 Å². The van der Waals surface area contributed by atoms with Crippen molar-refractivity contribution in [2.24, 2.45) is 5.92 Å². The lowest BCUT2D eigenvalue weighted by Gasteiger charge is -2.22. The van der Waals surface area contributed by atoms with Crippen LogP contribution in [0.4, 0.5) is 0 Å². The van der Waals surface area contributed by atoms with Gasteiger partial charge in [0.2, 0.25) is 0 Å². The number of fused-ring (bicyclic) bond motifs is 1. The molecule has 0 amide bonds. The standard InChI is InChI=1S/C12H15N3O.ClH/c1-2-11-12(15-16-14-11)8-10(1)7-9-3-5-13-6-4-9;/h1-2,8-9,13H,3-7H2;1H. The summed E-state index contributed by atoms with van der Waals surface area (Å²) in [5, 5.41) is 11.1. The summed E-state index contributed by atoms with van der Waals surface area (Å²) in [5.74, 6) is 0.804. The maximum Gasteiger partial charge on any atom is 0.135 e. The highest BCUT2D eigenvalue weighted by atomic mass is 35.5. The lowest BCUT2D eigenvalue weighted by Crippen LogP contribution is -2.28. The number of benzene rings is 1. The highest BCUT2D eigenvalue weighted by Crippen LogP contribution is 2.20. The molecule has 1 aromatic heterocycles. The van der Waals surface area contributed by atoms with Crippen LogP contribution in [-0.4, -0.2) is 23.4 Å². The molecule has 5 heteroatoms. The van der Waals surface area contributed by atoms with Crippen molar-refractivity contribution in [2.75, 3.05) is 13.1 Å². The average Bonchev–Trinajstić information content (AvgIpc) is 2.77. The van der Waals surface area contributed by atoms with Gasteiger partial charge in [-0.15, -0.1) is 12.4 Å². The molecule has 0 atom stereocenters. The highest BCUT2D eigenvalue weighted by Gasteiger charge is 2.14. The second kappa shape index (κ2) is 5.47. The van der Waals surface area contributed by atoms with Crippen LogP contribution in [0.3, 0.4) is 0 Å². The Hall–Kier alpha value is -1.13. The van der Waals surface area contributed by atoms with Gasteiger partial charge < -0.3 is 5.32 Å². The number of nitrogens with zero attached hydrogens (tertiary/aromatic N) is 2. The van der Waals surface area contributed by atoms with E-state index in [0.29, 0.717) is 0 Å². The van der Waals surface area contributed by atoms with Crippen molar-refractivity contribution in [1.29, 1.82) is 0 Å². The summed E-state index contributed by atoms with van der Waals surface area (Å²) < 4.78 is 4.70. The zero-order valence-electron chi connectivity index (χ0n) is 9.56. The summed E-state index contributed by atoms with van der Waals surface area (Å²) in [6.07, 6.45) is 3.69. The van der Waals surface area contributed by atoms with Gasteiger partial charge in [0.05, 0.1) is 0 Å². The van der Waals surface area contributed by atoms with Crippen molar-refractivity contribution in [3.8, 4) is 0 Å². The quantitative estimate of drug-likeness (QED) is 0.891. The number of halogens is 1. The maximum absolute atomic E-state index is 4.70. The van der Waals surface area contributed by atoms with Crippen LogP contribution in [0.25, 0.3) is 11.0 Å². The van der Waals surface area contributed by atoms with Gasteiger partial charge in [0, 0.05) is 0 Å². The number of nitrogens with one attached hydrogen (secondary N) is 1. The molecule has 1 saturated heterocycles. The fraction of sp³-hybridized carbons (Fsp3) is 0.500. The van der Waals surface area contributed by atoms with E-state index in [0.717, 1.165) is 36.5 Å². The van der Waals surface area contributed by atoms with Crippen molar-refractivity contribution >= 4 is 23.4 Å². The molecule has 1 N–H and O–H groups in total. The van der Waals surface area contributed by atoms with E-state index in [1.165, 1.54) is 18.4 Å². The molecule has 0 bridgehead atoms. The van der Waals surface area contributed by atoms with Gasteiger partial charge >= 0.3 is 0 Å². The molecule has 17 heavy (non-hydrogen) atoms. The summed E-state index contributed by atoms with van der Waals surface area (Å²) in [6.45, 7) is 2.30. The fourth-order valence-electron chi connectivity index (χ4n) is 2.37. The van der Waals surface area contributed by atoms with E-state index < -0.39 is 0 Å². The van der Waals surface area contributed by atoms with Gasteiger partial charge in [-0.25, -0.2) is 4.63 Å². The molecule has 4 nitrogen and oxygen atoms in total. The first-order valence-corrected chi connectivity index (χ1v) is 5.84. The Balaban J connectivity index is 0.00000108. The maximum atomic E-state index is 4.70. The van der Waals surface area contributed by atoms with Gasteiger partial charge in [-0.2, -0.15) is 0 Å². The molecule has 1 aliphatic rings. The Morgan fingerprint density at radius 1 is 1.18 bits per heavy atom. The molecule has 1 aliphatic heterocycles. The summed E-state index contributed by atoms with van der Waals surface area (Å²) in [6, 6.07) is 6.21. The Labute approximate surface area is 106 Å². The average molecular weight is 254 g/mol. The third-order valence-corrected chi connectivity index (χ3v) is 3.30. The summed E-state index contributed by atoms with van der Waals surface area (Å²) >= 11 is 0. The molecule has 0 radical (unpaired) electrons. The number of hydrogen-bond acceptors (Lipinski definition) is 4. The third-order valence-electron chi connectivity index (χ3n) is 3.30. The Morgan fingerprint density at radius 2 is 1.94 bits per heavy atom. The lowest BCUT2D eigenvalue weighted by molar-refractivity contribution is 0.315. The molecule has 0 spiro atoms. The predicted octanol–water partition coefficient (Wildman–Crippen LogP) is 2.19. The Kier molecular flexibility index (Phi) is 3.97. The normalized spacial score (nSPS) is 16.9. The molecule has 2 heterocycles. The SMILES string of the molecule is Cl.c1cc2nonc2cc1CC1CCNCC1. The van der Waals surface area contributed by atoms with Crippen LogP contribution in [0.1, 0.15) is 18.4 Å². The summed E-state index contributed by atoms with van der Waals surface area (Å²) in [5.41, 5.74) is 3.05. The van der Waals surface area contributed by atoms with E-state index in [1.807, 2.05) is 6.07 Å². The molecule has 92 valence electrons. The summed E-state index contributed by atoms with van der Waals surface area (Å²) in [4.78, 5) is 0. The van der Waals surface area contributed by atoms with Crippen LogP contribution in [0.2, 0.25) is 0 Å². The van der Waals surface area contributed by atoms with E-state index in [4.69, 9.17) is 4.63 Å². The minimum atomic E-state index is 0. The zero-order chi connectivity index (χ0) is 10.8. The van der Waals surface area contributed by atoms with Crippen molar-refractivity contribution in [2.45, 2.75) is 19.3 Å². The van der Waals surface area contributed by atoms with E-state index in [9.17, 15) is 0 Å². The van der Waals surface area contributed by atoms with E-state index in [-0.39, 0.29) is 12.4 Å². The fourth-order valence-corrected chi connectivity index (χ4v) is 2.37. The number of hydrogen-bond donors (Lipinski definition) is 1. The molecular weight excluding hydrogens is 238 g/mol. The molecule has 0 unspecified atom stereocenters. The van der Waals surface area contributed by atoms with Crippen LogP contribution in [0.15, 0.2) is 22.8 Å². The highest BCUT2D eigenvalue weighted by molar-refractivity contribution is 5.85.